The Kier molecular flexibility index (Phi) is 28.3. The number of imide groups is 1. The normalized spacial score (nSPS) is 12.8. The first-order valence-corrected chi connectivity index (χ1v) is 19.1. The molecule has 23 heteroatoms. The van der Waals surface area contributed by atoms with Crippen molar-refractivity contribution in [2.24, 2.45) is 0 Å². The standard InChI is InChI=1S/C32H55N5O17S/c1-47-8-9-48-10-11-49-12-13-50-14-15-51-16-17-52-18-19-53-20-21-54-22-23-55(45,46)36(6-7-37-30(41)2-3-31(37)42)5-4-27(38)33-24-28(39)34-25-29(40)35-26-32(43)44/h2-3H,4-26H2,1H3,(H,33,38)(H,34,39)(H,35,40)(H,43,44). The first kappa shape index (κ1) is 49.4. The summed E-state index contributed by atoms with van der Waals surface area (Å²) >= 11 is 0. The molecule has 0 spiro atoms. The average Bonchev–Trinajstić information content (AvgIpc) is 3.47. The summed E-state index contributed by atoms with van der Waals surface area (Å²) in [5, 5.41) is 15.1. The van der Waals surface area contributed by atoms with Crippen molar-refractivity contribution < 1.29 is 80.2 Å². The number of nitrogens with zero attached hydrogens (tertiary/aromatic N) is 2. The van der Waals surface area contributed by atoms with Gasteiger partial charge in [-0.05, 0) is 0 Å². The van der Waals surface area contributed by atoms with E-state index in [1.54, 1.807) is 7.11 Å². The van der Waals surface area contributed by atoms with Crippen molar-refractivity contribution in [3.63, 3.8) is 0 Å². The highest BCUT2D eigenvalue weighted by Gasteiger charge is 2.28. The lowest BCUT2D eigenvalue weighted by atomic mass is 10.3. The Morgan fingerprint density at radius 3 is 1.40 bits per heavy atom. The smallest absolute Gasteiger partial charge is 0.322 e. The molecular formula is C32H55N5O17S. The number of aliphatic carboxylic acids is 1. The molecule has 1 aliphatic heterocycles. The van der Waals surface area contributed by atoms with Crippen LogP contribution in [0.4, 0.5) is 0 Å². The molecule has 1 heterocycles. The number of carbonyl (C=O) groups is 6. The Hall–Kier alpha value is -3.65. The lowest BCUT2D eigenvalue weighted by Crippen LogP contribution is -2.45. The molecule has 55 heavy (non-hydrogen) atoms. The van der Waals surface area contributed by atoms with E-state index in [0.29, 0.717) is 72.7 Å². The molecular weight excluding hydrogens is 758 g/mol. The zero-order valence-corrected chi connectivity index (χ0v) is 32.0. The second-order valence-electron chi connectivity index (χ2n) is 11.1. The van der Waals surface area contributed by atoms with Gasteiger partial charge in [-0.1, -0.05) is 0 Å². The van der Waals surface area contributed by atoms with E-state index in [2.05, 4.69) is 16.0 Å². The molecule has 0 saturated heterocycles. The first-order chi connectivity index (χ1) is 26.5. The third-order valence-electron chi connectivity index (χ3n) is 6.93. The van der Waals surface area contributed by atoms with Gasteiger partial charge in [-0.2, -0.15) is 4.31 Å². The minimum atomic E-state index is -4.03. The van der Waals surface area contributed by atoms with Gasteiger partial charge in [-0.3, -0.25) is 33.7 Å². The first-order valence-electron chi connectivity index (χ1n) is 17.5. The van der Waals surface area contributed by atoms with E-state index in [1.165, 1.54) is 0 Å². The van der Waals surface area contributed by atoms with Gasteiger partial charge in [-0.25, -0.2) is 8.42 Å². The van der Waals surface area contributed by atoms with Gasteiger partial charge in [0, 0.05) is 45.3 Å². The minimum Gasteiger partial charge on any atom is -0.480 e. The quantitative estimate of drug-likeness (QED) is 0.0345. The number of carboxylic acid groups (broad SMARTS) is 1. The van der Waals surface area contributed by atoms with E-state index >= 15 is 0 Å². The molecule has 0 aromatic rings. The SMILES string of the molecule is COCCOCCOCCOCCOCCOCCOCCOCCS(=O)(=O)N(CCC(=O)NCC(=O)NCC(=O)NCC(=O)O)CCN1C(=O)C=CC1=O. The Morgan fingerprint density at radius 1 is 0.600 bits per heavy atom. The summed E-state index contributed by atoms with van der Waals surface area (Å²) < 4.78 is 69.8. The van der Waals surface area contributed by atoms with Crippen LogP contribution in [-0.4, -0.2) is 209 Å². The van der Waals surface area contributed by atoms with E-state index < -0.39 is 70.9 Å². The maximum Gasteiger partial charge on any atom is 0.322 e. The van der Waals surface area contributed by atoms with Crippen LogP contribution in [0.1, 0.15) is 6.42 Å². The number of hydrogen-bond acceptors (Lipinski definition) is 16. The second-order valence-corrected chi connectivity index (χ2v) is 13.2. The van der Waals surface area contributed by atoms with Gasteiger partial charge in [0.05, 0.1) is 118 Å². The zero-order chi connectivity index (χ0) is 40.6. The summed E-state index contributed by atoms with van der Waals surface area (Å²) in [4.78, 5) is 71.0. The fraction of sp³-hybridized carbons (Fsp3) is 0.750. The maximum atomic E-state index is 13.1. The summed E-state index contributed by atoms with van der Waals surface area (Å²) in [7, 11) is -2.42. The lowest BCUT2D eigenvalue weighted by molar-refractivity contribution is -0.138. The van der Waals surface area contributed by atoms with Gasteiger partial charge in [-0.15, -0.1) is 0 Å². The molecule has 1 rings (SSSR count). The fourth-order valence-corrected chi connectivity index (χ4v) is 5.40. The molecule has 0 aromatic carbocycles. The van der Waals surface area contributed by atoms with E-state index in [0.717, 1.165) is 21.4 Å². The van der Waals surface area contributed by atoms with Crippen LogP contribution in [0, 0.1) is 0 Å². The summed E-state index contributed by atoms with van der Waals surface area (Å²) in [5.74, 6) is -5.10. The number of carbonyl (C=O) groups excluding carboxylic acids is 5. The molecule has 0 bridgehead atoms. The van der Waals surface area contributed by atoms with Gasteiger partial charge in [0.2, 0.25) is 27.7 Å². The predicted octanol–water partition coefficient (Wildman–Crippen LogP) is -3.87. The molecule has 22 nitrogen and oxygen atoms in total. The van der Waals surface area contributed by atoms with Crippen molar-refractivity contribution in [1.29, 1.82) is 0 Å². The van der Waals surface area contributed by atoms with Crippen LogP contribution in [0.25, 0.3) is 0 Å². The summed E-state index contributed by atoms with van der Waals surface area (Å²) in [5.41, 5.74) is 0. The van der Waals surface area contributed by atoms with Crippen LogP contribution in [0.5, 0.6) is 0 Å². The number of hydrogen-bond donors (Lipinski definition) is 4. The maximum absolute atomic E-state index is 13.1. The zero-order valence-electron chi connectivity index (χ0n) is 31.2. The number of carboxylic acids is 1. The lowest BCUT2D eigenvalue weighted by Gasteiger charge is -2.24. The Morgan fingerprint density at radius 2 is 0.982 bits per heavy atom. The third-order valence-corrected chi connectivity index (χ3v) is 8.77. The molecule has 0 saturated carbocycles. The number of amides is 5. The Bertz CT molecular complexity index is 1270. The van der Waals surface area contributed by atoms with E-state index in [-0.39, 0.29) is 52.5 Å². The monoisotopic (exact) mass is 813 g/mol. The molecule has 0 aromatic heterocycles. The van der Waals surface area contributed by atoms with Crippen molar-refractivity contribution in [2.45, 2.75) is 6.42 Å². The van der Waals surface area contributed by atoms with Crippen molar-refractivity contribution in [3.05, 3.63) is 12.2 Å². The number of rotatable bonds is 37. The Labute approximate surface area is 320 Å². The molecule has 0 fully saturated rings. The molecule has 0 radical (unpaired) electrons. The summed E-state index contributed by atoms with van der Waals surface area (Å²) in [6.45, 7) is 2.72. The molecule has 316 valence electrons. The number of ether oxygens (including phenoxy) is 8. The van der Waals surface area contributed by atoms with Gasteiger partial charge < -0.3 is 59.0 Å². The van der Waals surface area contributed by atoms with Gasteiger partial charge in [0.15, 0.2) is 0 Å². The van der Waals surface area contributed by atoms with Crippen LogP contribution in [0.3, 0.4) is 0 Å². The summed E-state index contributed by atoms with van der Waals surface area (Å²) in [6, 6.07) is 0. The number of sulfonamides is 1. The third kappa shape index (κ3) is 26.7. The molecule has 0 unspecified atom stereocenters. The van der Waals surface area contributed by atoms with E-state index in [1.807, 2.05) is 0 Å². The van der Waals surface area contributed by atoms with E-state index in [9.17, 15) is 37.2 Å². The van der Waals surface area contributed by atoms with Gasteiger partial charge >= 0.3 is 5.97 Å². The highest BCUT2D eigenvalue weighted by Crippen LogP contribution is 2.08. The highest BCUT2D eigenvalue weighted by atomic mass is 32.2. The fourth-order valence-electron chi connectivity index (χ4n) is 4.08. The van der Waals surface area contributed by atoms with Crippen LogP contribution in [0.15, 0.2) is 12.2 Å². The minimum absolute atomic E-state index is 0.0972. The largest absolute Gasteiger partial charge is 0.480 e. The average molecular weight is 814 g/mol. The molecule has 1 aliphatic rings. The molecule has 5 amide bonds. The van der Waals surface area contributed by atoms with Crippen molar-refractivity contribution in [3.8, 4) is 0 Å². The highest BCUT2D eigenvalue weighted by molar-refractivity contribution is 7.89. The molecule has 4 N–H and O–H groups in total. The van der Waals surface area contributed by atoms with Crippen molar-refractivity contribution in [1.82, 2.24) is 25.2 Å². The van der Waals surface area contributed by atoms with Crippen LogP contribution >= 0.6 is 0 Å². The summed E-state index contributed by atoms with van der Waals surface area (Å²) in [6.07, 6.45) is 1.76. The molecule has 0 aliphatic carbocycles. The van der Waals surface area contributed by atoms with E-state index in [4.69, 9.17) is 43.0 Å². The van der Waals surface area contributed by atoms with Crippen LogP contribution in [0.2, 0.25) is 0 Å². The molecule has 0 atom stereocenters. The van der Waals surface area contributed by atoms with Crippen molar-refractivity contribution >= 4 is 45.5 Å². The second kappa shape index (κ2) is 31.5. The van der Waals surface area contributed by atoms with Gasteiger partial charge in [0.25, 0.3) is 11.8 Å². The number of methoxy groups -OCH3 is 1. The van der Waals surface area contributed by atoms with Crippen LogP contribution in [-0.2, 0) is 76.7 Å². The van der Waals surface area contributed by atoms with Crippen molar-refractivity contribution in [2.75, 3.05) is 151 Å². The predicted molar refractivity (Wildman–Crippen MR) is 190 cm³/mol. The number of nitrogens with one attached hydrogen (secondary N) is 3. The van der Waals surface area contributed by atoms with Gasteiger partial charge in [0.1, 0.15) is 6.54 Å². The van der Waals surface area contributed by atoms with Crippen LogP contribution < -0.4 is 16.0 Å². The topological polar surface area (TPSA) is 273 Å². The Balaban J connectivity index is 2.22.